The summed E-state index contributed by atoms with van der Waals surface area (Å²) < 4.78 is 1.79. The van der Waals surface area contributed by atoms with Crippen LogP contribution in [-0.4, -0.2) is 57.3 Å². The summed E-state index contributed by atoms with van der Waals surface area (Å²) in [4.78, 5) is 32.9. The summed E-state index contributed by atoms with van der Waals surface area (Å²) in [5, 5.41) is 0. The van der Waals surface area contributed by atoms with Crippen molar-refractivity contribution in [3.05, 3.63) is 53.6 Å². The topological polar surface area (TPSA) is 58.4 Å². The van der Waals surface area contributed by atoms with E-state index in [-0.39, 0.29) is 5.91 Å². The Morgan fingerprint density at radius 3 is 2.27 bits per heavy atom. The van der Waals surface area contributed by atoms with Crippen molar-refractivity contribution in [3.63, 3.8) is 0 Å². The molecule has 2 aromatic rings. The molecule has 0 spiro atoms. The van der Waals surface area contributed by atoms with E-state index in [1.165, 1.54) is 11.1 Å². The molecule has 2 aliphatic heterocycles. The number of rotatable bonds is 6. The largest absolute Gasteiger partial charge is 0.343 e. The lowest BCUT2D eigenvalue weighted by Crippen LogP contribution is -2.39. The van der Waals surface area contributed by atoms with Crippen LogP contribution in [0.1, 0.15) is 53.8 Å². The number of piperidine rings is 1. The molecule has 6 heteroatoms. The first kappa shape index (κ1) is 20.6. The molecule has 0 bridgehead atoms. The molecule has 3 heterocycles. The summed E-state index contributed by atoms with van der Waals surface area (Å²) >= 11 is 0. The predicted molar refractivity (Wildman–Crippen MR) is 116 cm³/mol. The molecule has 4 rings (SSSR count). The van der Waals surface area contributed by atoms with Gasteiger partial charge in [-0.3, -0.25) is 9.59 Å². The van der Waals surface area contributed by atoms with E-state index < -0.39 is 0 Å². The summed E-state index contributed by atoms with van der Waals surface area (Å²) in [6.45, 7) is 3.47. The first-order valence-corrected chi connectivity index (χ1v) is 11.2. The number of benzene rings is 1. The first-order valence-electron chi connectivity index (χ1n) is 11.2. The normalized spacial score (nSPS) is 17.5. The Bertz CT molecular complexity index is 860. The number of hydrogen-bond acceptors (Lipinski definition) is 3. The van der Waals surface area contributed by atoms with Gasteiger partial charge in [-0.2, -0.15) is 0 Å². The minimum absolute atomic E-state index is 0.0359. The average Bonchev–Trinajstić information content (AvgIpc) is 3.45. The van der Waals surface area contributed by atoms with E-state index in [2.05, 4.69) is 29.2 Å². The zero-order valence-electron chi connectivity index (χ0n) is 17.9. The SMILES string of the molecule is Cn1ccnc1C(=O)N1CCC(Cc2ccc(CCC(=O)N3CCCC3)cc2)CC1. The van der Waals surface area contributed by atoms with Gasteiger partial charge in [0.05, 0.1) is 0 Å². The first-order chi connectivity index (χ1) is 14.6. The van der Waals surface area contributed by atoms with Gasteiger partial charge in [0.1, 0.15) is 0 Å². The van der Waals surface area contributed by atoms with Crippen LogP contribution in [0.15, 0.2) is 36.7 Å². The van der Waals surface area contributed by atoms with Gasteiger partial charge in [0.25, 0.3) is 5.91 Å². The Hall–Kier alpha value is -2.63. The molecule has 0 radical (unpaired) electrons. The molecular formula is C24H32N4O2. The van der Waals surface area contributed by atoms with Gasteiger partial charge in [0.2, 0.25) is 5.91 Å². The molecule has 0 atom stereocenters. The minimum Gasteiger partial charge on any atom is -0.343 e. The maximum Gasteiger partial charge on any atom is 0.289 e. The highest BCUT2D eigenvalue weighted by Gasteiger charge is 2.25. The Labute approximate surface area is 178 Å². The number of imidazole rings is 1. The third kappa shape index (κ3) is 4.91. The number of aryl methyl sites for hydroxylation is 2. The van der Waals surface area contributed by atoms with Crippen LogP contribution in [0.25, 0.3) is 0 Å². The summed E-state index contributed by atoms with van der Waals surface area (Å²) in [7, 11) is 1.86. The fourth-order valence-corrected chi connectivity index (χ4v) is 4.60. The van der Waals surface area contributed by atoms with E-state index in [0.29, 0.717) is 24.1 Å². The highest BCUT2D eigenvalue weighted by Crippen LogP contribution is 2.23. The molecule has 2 fully saturated rings. The van der Waals surface area contributed by atoms with Crippen molar-refractivity contribution in [2.45, 2.75) is 44.9 Å². The Morgan fingerprint density at radius 1 is 0.967 bits per heavy atom. The fourth-order valence-electron chi connectivity index (χ4n) is 4.60. The number of amides is 2. The van der Waals surface area contributed by atoms with Gasteiger partial charge in [-0.15, -0.1) is 0 Å². The summed E-state index contributed by atoms with van der Waals surface area (Å²) in [6.07, 6.45) is 10.3. The third-order valence-electron chi connectivity index (χ3n) is 6.55. The Morgan fingerprint density at radius 2 is 1.63 bits per heavy atom. The van der Waals surface area contributed by atoms with Crippen molar-refractivity contribution in [1.82, 2.24) is 19.4 Å². The van der Waals surface area contributed by atoms with Crippen molar-refractivity contribution < 1.29 is 9.59 Å². The minimum atomic E-state index is 0.0359. The summed E-state index contributed by atoms with van der Waals surface area (Å²) in [6, 6.07) is 8.76. The van der Waals surface area contributed by atoms with Gasteiger partial charge in [-0.25, -0.2) is 4.98 Å². The van der Waals surface area contributed by atoms with Crippen LogP contribution in [0.2, 0.25) is 0 Å². The van der Waals surface area contributed by atoms with E-state index in [9.17, 15) is 9.59 Å². The predicted octanol–water partition coefficient (Wildman–Crippen LogP) is 3.07. The highest BCUT2D eigenvalue weighted by molar-refractivity contribution is 5.90. The number of nitrogens with zero attached hydrogens (tertiary/aromatic N) is 4. The number of aromatic nitrogens is 2. The third-order valence-corrected chi connectivity index (χ3v) is 6.55. The average molecular weight is 409 g/mol. The van der Waals surface area contributed by atoms with Gasteiger partial charge >= 0.3 is 0 Å². The lowest BCUT2D eigenvalue weighted by molar-refractivity contribution is -0.130. The standard InChI is InChI=1S/C24H32N4O2/c1-26-17-12-25-23(26)24(30)28-15-10-21(11-16-28)18-20-6-4-19(5-7-20)8-9-22(29)27-13-2-3-14-27/h4-7,12,17,21H,2-3,8-11,13-16,18H2,1H3. The van der Waals surface area contributed by atoms with E-state index in [1.54, 1.807) is 10.8 Å². The molecule has 2 amide bonds. The molecule has 2 aliphatic rings. The second kappa shape index (κ2) is 9.45. The number of hydrogen-bond donors (Lipinski definition) is 0. The lowest BCUT2D eigenvalue weighted by Gasteiger charge is -2.31. The van der Waals surface area contributed by atoms with Crippen molar-refractivity contribution in [2.75, 3.05) is 26.2 Å². The highest BCUT2D eigenvalue weighted by atomic mass is 16.2. The van der Waals surface area contributed by atoms with Crippen LogP contribution in [0.4, 0.5) is 0 Å². The molecular weight excluding hydrogens is 376 g/mol. The van der Waals surface area contributed by atoms with Crippen molar-refractivity contribution >= 4 is 11.8 Å². The fraction of sp³-hybridized carbons (Fsp3) is 0.542. The van der Waals surface area contributed by atoms with Crippen LogP contribution in [-0.2, 0) is 24.7 Å². The Kier molecular flexibility index (Phi) is 6.50. The second-order valence-corrected chi connectivity index (χ2v) is 8.71. The number of likely N-dealkylation sites (tertiary alicyclic amines) is 2. The van der Waals surface area contributed by atoms with Crippen molar-refractivity contribution in [2.24, 2.45) is 13.0 Å². The molecule has 0 unspecified atom stereocenters. The quantitative estimate of drug-likeness (QED) is 0.738. The van der Waals surface area contributed by atoms with E-state index in [0.717, 1.165) is 64.7 Å². The molecule has 1 aromatic carbocycles. The Balaban J connectivity index is 1.22. The summed E-state index contributed by atoms with van der Waals surface area (Å²) in [5.74, 6) is 1.46. The van der Waals surface area contributed by atoms with Gasteiger partial charge in [-0.05, 0) is 55.6 Å². The second-order valence-electron chi connectivity index (χ2n) is 8.71. The molecule has 0 N–H and O–H groups in total. The molecule has 0 saturated carbocycles. The summed E-state index contributed by atoms with van der Waals surface area (Å²) in [5.41, 5.74) is 2.58. The maximum atomic E-state index is 12.6. The van der Waals surface area contributed by atoms with E-state index in [1.807, 2.05) is 23.0 Å². The van der Waals surface area contributed by atoms with Gasteiger partial charge in [-0.1, -0.05) is 24.3 Å². The molecule has 2 saturated heterocycles. The van der Waals surface area contributed by atoms with Gasteiger partial charge < -0.3 is 14.4 Å². The number of carbonyl (C=O) groups is 2. The molecule has 160 valence electrons. The van der Waals surface area contributed by atoms with Crippen LogP contribution in [0.5, 0.6) is 0 Å². The lowest BCUT2D eigenvalue weighted by atomic mass is 9.89. The van der Waals surface area contributed by atoms with E-state index in [4.69, 9.17) is 0 Å². The van der Waals surface area contributed by atoms with Crippen molar-refractivity contribution in [3.8, 4) is 0 Å². The number of carbonyl (C=O) groups excluding carboxylic acids is 2. The molecule has 6 nitrogen and oxygen atoms in total. The monoisotopic (exact) mass is 408 g/mol. The smallest absolute Gasteiger partial charge is 0.289 e. The van der Waals surface area contributed by atoms with Crippen LogP contribution < -0.4 is 0 Å². The zero-order valence-corrected chi connectivity index (χ0v) is 17.9. The van der Waals surface area contributed by atoms with Crippen LogP contribution in [0.3, 0.4) is 0 Å². The van der Waals surface area contributed by atoms with Crippen LogP contribution >= 0.6 is 0 Å². The van der Waals surface area contributed by atoms with Crippen LogP contribution in [0, 0.1) is 5.92 Å². The molecule has 30 heavy (non-hydrogen) atoms. The molecule has 1 aromatic heterocycles. The van der Waals surface area contributed by atoms with E-state index >= 15 is 0 Å². The maximum absolute atomic E-state index is 12.6. The van der Waals surface area contributed by atoms with Gasteiger partial charge in [0, 0.05) is 52.0 Å². The van der Waals surface area contributed by atoms with Crippen molar-refractivity contribution in [1.29, 1.82) is 0 Å². The van der Waals surface area contributed by atoms with Gasteiger partial charge in [0.15, 0.2) is 5.82 Å². The zero-order chi connectivity index (χ0) is 20.9. The molecule has 0 aliphatic carbocycles.